The van der Waals surface area contributed by atoms with Crippen LogP contribution in [0.15, 0.2) is 0 Å². The average molecular weight is 365 g/mol. The summed E-state index contributed by atoms with van der Waals surface area (Å²) in [5.41, 5.74) is -0.387. The minimum absolute atomic E-state index is 0.204. The lowest BCUT2D eigenvalue weighted by Crippen LogP contribution is -2.14. The van der Waals surface area contributed by atoms with Crippen molar-refractivity contribution >= 4 is 45.7 Å². The zero-order valence-electron chi connectivity index (χ0n) is 9.81. The normalized spacial score (nSPS) is 12.0. The highest BCUT2D eigenvalue weighted by molar-refractivity contribution is 6.36. The van der Waals surface area contributed by atoms with Gasteiger partial charge in [0.2, 0.25) is 11.2 Å². The first-order chi connectivity index (χ1) is 9.69. The second-order valence-corrected chi connectivity index (χ2v) is 4.80. The maximum absolute atomic E-state index is 13.8. The Hall–Kier alpha value is -1.12. The molecule has 0 radical (unpaired) electrons. The van der Waals surface area contributed by atoms with Crippen LogP contribution in [0.2, 0.25) is 15.6 Å². The molecule has 2 heterocycles. The first-order valence-corrected chi connectivity index (χ1v) is 6.39. The Morgan fingerprint density at radius 3 is 2.29 bits per heavy atom. The summed E-state index contributed by atoms with van der Waals surface area (Å²) >= 11 is 16.8. The van der Waals surface area contributed by atoms with Crippen LogP contribution in [0.4, 0.5) is 17.6 Å². The van der Waals surface area contributed by atoms with Gasteiger partial charge in [-0.3, -0.25) is 0 Å². The summed E-state index contributed by atoms with van der Waals surface area (Å²) in [4.78, 5) is 10.6. The summed E-state index contributed by atoms with van der Waals surface area (Å²) < 4.78 is 55.0. The number of hydrogen-bond acceptors (Lipinski definition) is 4. The molecule has 0 unspecified atom stereocenters. The maximum atomic E-state index is 13.8. The van der Waals surface area contributed by atoms with E-state index in [-0.39, 0.29) is 21.3 Å². The predicted octanol–water partition coefficient (Wildman–Crippen LogP) is 4.46. The molecule has 0 saturated carbocycles. The Balaban J connectivity index is 2.46. The molecule has 0 aliphatic carbocycles. The lowest BCUT2D eigenvalue weighted by Gasteiger charge is -2.11. The van der Waals surface area contributed by atoms with Crippen molar-refractivity contribution in [1.29, 1.82) is 0 Å². The Morgan fingerprint density at radius 1 is 1.00 bits per heavy atom. The quantitative estimate of drug-likeness (QED) is 0.349. The topological polar surface area (TPSA) is 47.9 Å². The van der Waals surface area contributed by atoms with Gasteiger partial charge >= 0.3 is 6.18 Å². The fourth-order valence-electron chi connectivity index (χ4n) is 1.42. The van der Waals surface area contributed by atoms with Gasteiger partial charge in [-0.2, -0.15) is 18.2 Å². The summed E-state index contributed by atoms with van der Waals surface area (Å²) in [5.74, 6) is -1.43. The molecule has 0 bridgehead atoms. The van der Waals surface area contributed by atoms with Gasteiger partial charge in [0.25, 0.3) is 0 Å². The molecule has 4 nitrogen and oxygen atoms in total. The molecule has 2 aromatic rings. The van der Waals surface area contributed by atoms with Crippen LogP contribution in [0.3, 0.4) is 0 Å². The van der Waals surface area contributed by atoms with Crippen molar-refractivity contribution in [2.75, 3.05) is 6.61 Å². The van der Waals surface area contributed by atoms with Crippen molar-refractivity contribution in [3.8, 4) is 5.88 Å². The highest BCUT2D eigenvalue weighted by Crippen LogP contribution is 2.34. The molecular weight excluding hydrogens is 360 g/mol. The first kappa shape index (κ1) is 16.3. The second-order valence-electron chi connectivity index (χ2n) is 3.74. The summed E-state index contributed by atoms with van der Waals surface area (Å²) in [6.45, 7) is -0.744. The Kier molecular flexibility index (Phi) is 4.60. The molecule has 0 spiro atoms. The van der Waals surface area contributed by atoms with E-state index in [1.54, 1.807) is 0 Å². The molecule has 114 valence electrons. The Labute approximate surface area is 130 Å². The molecule has 11 heteroatoms. The number of ether oxygens (including phenoxy) is 1. The zero-order valence-corrected chi connectivity index (χ0v) is 12.1. The van der Waals surface area contributed by atoms with E-state index in [9.17, 15) is 17.6 Å². The van der Waals surface area contributed by atoms with Crippen molar-refractivity contribution in [3.05, 3.63) is 21.4 Å². The van der Waals surface area contributed by atoms with Crippen LogP contribution in [0.1, 0.15) is 6.42 Å². The molecular formula is C10H4Cl3F4N3O. The van der Waals surface area contributed by atoms with E-state index >= 15 is 0 Å². The number of hydrogen-bond donors (Lipinski definition) is 0. The van der Waals surface area contributed by atoms with E-state index < -0.39 is 36.1 Å². The van der Waals surface area contributed by atoms with Crippen molar-refractivity contribution in [3.63, 3.8) is 0 Å². The van der Waals surface area contributed by atoms with Crippen LogP contribution >= 0.6 is 34.8 Å². The van der Waals surface area contributed by atoms with Crippen LogP contribution in [-0.4, -0.2) is 27.7 Å². The zero-order chi connectivity index (χ0) is 15.8. The van der Waals surface area contributed by atoms with Gasteiger partial charge in [-0.1, -0.05) is 23.2 Å². The highest BCUT2D eigenvalue weighted by Gasteiger charge is 2.27. The molecule has 2 aromatic heterocycles. The summed E-state index contributed by atoms with van der Waals surface area (Å²) in [7, 11) is 0. The monoisotopic (exact) mass is 363 g/mol. The third-order valence-electron chi connectivity index (χ3n) is 2.26. The number of rotatable bonds is 3. The van der Waals surface area contributed by atoms with E-state index in [2.05, 4.69) is 15.0 Å². The molecule has 0 amide bonds. The van der Waals surface area contributed by atoms with Crippen molar-refractivity contribution in [2.24, 2.45) is 0 Å². The van der Waals surface area contributed by atoms with E-state index in [1.165, 1.54) is 0 Å². The minimum Gasteiger partial charge on any atom is -0.477 e. The van der Waals surface area contributed by atoms with E-state index in [1.807, 2.05) is 0 Å². The smallest absolute Gasteiger partial charge is 0.392 e. The molecule has 0 aromatic carbocycles. The standard InChI is InChI=1S/C10H4Cl3F4N3O/c11-6-3-5(18-9(13)20-6)4(14)7(12)19-8(3)21-2-1-10(15,16)17/h1-2H2. The van der Waals surface area contributed by atoms with Gasteiger partial charge in [0.05, 0.1) is 13.0 Å². The van der Waals surface area contributed by atoms with Crippen LogP contribution in [0, 0.1) is 5.82 Å². The lowest BCUT2D eigenvalue weighted by atomic mass is 10.3. The van der Waals surface area contributed by atoms with Gasteiger partial charge in [-0.25, -0.2) is 14.4 Å². The number of nitrogens with zero attached hydrogens (tertiary/aromatic N) is 3. The average Bonchev–Trinajstić information content (AvgIpc) is 2.33. The van der Waals surface area contributed by atoms with Gasteiger partial charge in [-0.15, -0.1) is 0 Å². The minimum atomic E-state index is -4.41. The molecule has 2 rings (SSSR count). The van der Waals surface area contributed by atoms with Crippen LogP contribution in [0.5, 0.6) is 5.88 Å². The second kappa shape index (κ2) is 5.94. The SMILES string of the molecule is Fc1c(Cl)nc(OCCC(F)(F)F)c2c(Cl)nc(Cl)nc12. The van der Waals surface area contributed by atoms with Crippen LogP contribution < -0.4 is 4.74 Å². The largest absolute Gasteiger partial charge is 0.477 e. The molecule has 0 fully saturated rings. The van der Waals surface area contributed by atoms with E-state index in [0.29, 0.717) is 0 Å². The van der Waals surface area contributed by atoms with Gasteiger partial charge in [0.1, 0.15) is 16.1 Å². The number of fused-ring (bicyclic) bond motifs is 1. The molecule has 0 N–H and O–H groups in total. The van der Waals surface area contributed by atoms with Gasteiger partial charge < -0.3 is 4.74 Å². The molecule has 0 atom stereocenters. The molecule has 0 saturated heterocycles. The fraction of sp³-hybridized carbons (Fsp3) is 0.300. The molecule has 0 aliphatic heterocycles. The predicted molar refractivity (Wildman–Crippen MR) is 68.5 cm³/mol. The highest BCUT2D eigenvalue weighted by atomic mass is 35.5. The first-order valence-electron chi connectivity index (χ1n) is 5.26. The summed E-state index contributed by atoms with van der Waals surface area (Å²) in [5, 5.41) is -1.49. The Morgan fingerprint density at radius 2 is 1.67 bits per heavy atom. The Bertz CT molecular complexity index is 696. The van der Waals surface area contributed by atoms with Crippen molar-refractivity contribution < 1.29 is 22.3 Å². The van der Waals surface area contributed by atoms with Crippen molar-refractivity contribution in [2.45, 2.75) is 12.6 Å². The van der Waals surface area contributed by atoms with Gasteiger partial charge in [0, 0.05) is 0 Å². The van der Waals surface area contributed by atoms with Crippen molar-refractivity contribution in [1.82, 2.24) is 15.0 Å². The van der Waals surface area contributed by atoms with E-state index in [4.69, 9.17) is 39.5 Å². The third kappa shape index (κ3) is 3.75. The molecule has 21 heavy (non-hydrogen) atoms. The lowest BCUT2D eigenvalue weighted by molar-refractivity contribution is -0.139. The number of aromatic nitrogens is 3. The number of pyridine rings is 1. The van der Waals surface area contributed by atoms with Crippen LogP contribution in [0.25, 0.3) is 10.9 Å². The number of alkyl halides is 3. The van der Waals surface area contributed by atoms with Gasteiger partial charge in [0.15, 0.2) is 11.0 Å². The summed E-state index contributed by atoms with van der Waals surface area (Å²) in [6.07, 6.45) is -5.64. The maximum Gasteiger partial charge on any atom is 0.392 e. The third-order valence-corrected chi connectivity index (χ3v) is 2.96. The van der Waals surface area contributed by atoms with E-state index in [0.717, 1.165) is 0 Å². The summed E-state index contributed by atoms with van der Waals surface area (Å²) in [6, 6.07) is 0. The molecule has 0 aliphatic rings. The number of halogens is 7. The van der Waals surface area contributed by atoms with Gasteiger partial charge in [-0.05, 0) is 11.6 Å². The fourth-order valence-corrected chi connectivity index (χ4v) is 2.04. The van der Waals surface area contributed by atoms with Crippen LogP contribution in [-0.2, 0) is 0 Å².